The van der Waals surface area contributed by atoms with Gasteiger partial charge < -0.3 is 19.8 Å². The van der Waals surface area contributed by atoms with E-state index in [-0.39, 0.29) is 0 Å². The molecular formula is C22H30N2O5. The van der Waals surface area contributed by atoms with Crippen LogP contribution < -0.4 is 4.74 Å². The van der Waals surface area contributed by atoms with Gasteiger partial charge in [0.15, 0.2) is 0 Å². The fraction of sp³-hybridized carbons (Fsp3) is 0.545. The summed E-state index contributed by atoms with van der Waals surface area (Å²) in [5.74, 6) is 0.0721. The van der Waals surface area contributed by atoms with Crippen LogP contribution in [-0.4, -0.2) is 71.8 Å². The molecule has 2 fully saturated rings. The molecule has 7 heteroatoms. The Kier molecular flexibility index (Phi) is 7.28. The van der Waals surface area contributed by atoms with Gasteiger partial charge >= 0.3 is 11.9 Å². The first-order valence-corrected chi connectivity index (χ1v) is 10.2. The minimum absolute atomic E-state index is 0.881. The Labute approximate surface area is 171 Å². The average molecular weight is 402 g/mol. The number of aliphatic carboxylic acids is 2. The summed E-state index contributed by atoms with van der Waals surface area (Å²) in [6, 6.07) is 8.40. The summed E-state index contributed by atoms with van der Waals surface area (Å²) in [6.07, 6.45) is 7.80. The largest absolute Gasteiger partial charge is 0.496 e. The second-order valence-electron chi connectivity index (χ2n) is 8.04. The van der Waals surface area contributed by atoms with Gasteiger partial charge in [0, 0.05) is 44.8 Å². The van der Waals surface area contributed by atoms with Crippen molar-refractivity contribution in [1.82, 2.24) is 9.80 Å². The molecule has 0 spiro atoms. The van der Waals surface area contributed by atoms with Crippen molar-refractivity contribution in [3.8, 4) is 5.75 Å². The van der Waals surface area contributed by atoms with E-state index in [0.29, 0.717) is 0 Å². The Morgan fingerprint density at radius 2 is 1.66 bits per heavy atom. The van der Waals surface area contributed by atoms with Crippen molar-refractivity contribution in [3.63, 3.8) is 0 Å². The summed E-state index contributed by atoms with van der Waals surface area (Å²) >= 11 is 0. The molecule has 0 aromatic heterocycles. The number of para-hydroxylation sites is 1. The number of carboxylic acids is 2. The van der Waals surface area contributed by atoms with Crippen LogP contribution in [0.2, 0.25) is 0 Å². The summed E-state index contributed by atoms with van der Waals surface area (Å²) in [4.78, 5) is 23.5. The van der Waals surface area contributed by atoms with E-state index in [4.69, 9.17) is 24.5 Å². The third-order valence-corrected chi connectivity index (χ3v) is 6.14. The van der Waals surface area contributed by atoms with Crippen LogP contribution in [0.1, 0.15) is 18.4 Å². The van der Waals surface area contributed by atoms with Crippen LogP contribution in [-0.2, 0) is 16.1 Å². The molecule has 1 aliphatic heterocycles. The van der Waals surface area contributed by atoms with Gasteiger partial charge in [0.05, 0.1) is 7.11 Å². The number of ether oxygens (including phenoxy) is 1. The molecule has 3 unspecified atom stereocenters. The van der Waals surface area contributed by atoms with E-state index in [9.17, 15) is 0 Å². The lowest BCUT2D eigenvalue weighted by molar-refractivity contribution is -0.159. The van der Waals surface area contributed by atoms with Crippen LogP contribution in [0.4, 0.5) is 0 Å². The van der Waals surface area contributed by atoms with Crippen molar-refractivity contribution in [2.24, 2.45) is 17.8 Å². The van der Waals surface area contributed by atoms with Gasteiger partial charge in [0.25, 0.3) is 0 Å². The number of hydrogen-bond acceptors (Lipinski definition) is 5. The van der Waals surface area contributed by atoms with Crippen molar-refractivity contribution in [2.45, 2.75) is 19.4 Å². The first kappa shape index (κ1) is 21.3. The normalized spacial score (nSPS) is 26.0. The molecule has 3 aliphatic rings. The van der Waals surface area contributed by atoms with Crippen LogP contribution in [0.5, 0.6) is 5.75 Å². The topological polar surface area (TPSA) is 90.3 Å². The smallest absolute Gasteiger partial charge is 0.414 e. The van der Waals surface area contributed by atoms with Crippen LogP contribution >= 0.6 is 0 Å². The number of nitrogens with zero attached hydrogens (tertiary/aromatic N) is 2. The van der Waals surface area contributed by atoms with Gasteiger partial charge in [0.1, 0.15) is 5.75 Å². The molecular weight excluding hydrogens is 372 g/mol. The van der Waals surface area contributed by atoms with Gasteiger partial charge in [-0.25, -0.2) is 9.59 Å². The van der Waals surface area contributed by atoms with Gasteiger partial charge in [-0.05, 0) is 36.7 Å². The SMILES string of the molecule is COc1ccccc1CN1CCN(CC2CC3C=CC2C3)CC1.O=C(O)C(=O)O. The van der Waals surface area contributed by atoms with Crippen molar-refractivity contribution in [3.05, 3.63) is 42.0 Å². The van der Waals surface area contributed by atoms with Crippen molar-refractivity contribution in [1.29, 1.82) is 0 Å². The standard InChI is InChI=1S/C20H28N2O.C2H2O4/c1-23-20-5-3-2-4-18(20)14-21-8-10-22(11-9-21)15-19-13-16-6-7-17(19)12-16;3-1(4)2(5)6/h2-7,16-17,19H,8-15H2,1H3;(H,3,4)(H,5,6). The maximum absolute atomic E-state index is 9.10. The molecule has 158 valence electrons. The molecule has 29 heavy (non-hydrogen) atoms. The minimum Gasteiger partial charge on any atom is -0.496 e. The van der Waals surface area contributed by atoms with Gasteiger partial charge in [0.2, 0.25) is 0 Å². The van der Waals surface area contributed by atoms with Gasteiger partial charge in [-0.1, -0.05) is 30.4 Å². The molecule has 3 atom stereocenters. The third kappa shape index (κ3) is 5.81. The fourth-order valence-electron chi connectivity index (χ4n) is 4.64. The van der Waals surface area contributed by atoms with E-state index in [2.05, 4.69) is 40.2 Å². The molecule has 1 heterocycles. The van der Waals surface area contributed by atoms with E-state index < -0.39 is 11.9 Å². The highest BCUT2D eigenvalue weighted by molar-refractivity contribution is 6.27. The van der Waals surface area contributed by atoms with E-state index in [1.807, 2.05) is 6.07 Å². The molecule has 1 aromatic carbocycles. The molecule has 2 N–H and O–H groups in total. The zero-order valence-corrected chi connectivity index (χ0v) is 16.9. The lowest BCUT2D eigenvalue weighted by Crippen LogP contribution is -2.47. The molecule has 4 rings (SSSR count). The molecule has 0 amide bonds. The molecule has 2 aliphatic carbocycles. The number of benzene rings is 1. The lowest BCUT2D eigenvalue weighted by Gasteiger charge is -2.37. The predicted molar refractivity (Wildman–Crippen MR) is 109 cm³/mol. The average Bonchev–Trinajstić information content (AvgIpc) is 3.33. The van der Waals surface area contributed by atoms with Gasteiger partial charge in [-0.3, -0.25) is 4.90 Å². The zero-order chi connectivity index (χ0) is 20.8. The van der Waals surface area contributed by atoms with E-state index in [1.54, 1.807) is 7.11 Å². The number of carbonyl (C=O) groups is 2. The van der Waals surface area contributed by atoms with Gasteiger partial charge in [-0.15, -0.1) is 0 Å². The molecule has 1 saturated heterocycles. The highest BCUT2D eigenvalue weighted by Gasteiger charge is 2.36. The fourth-order valence-corrected chi connectivity index (χ4v) is 4.64. The number of piperazine rings is 1. The number of methoxy groups -OCH3 is 1. The first-order chi connectivity index (χ1) is 14.0. The van der Waals surface area contributed by atoms with Crippen molar-refractivity contribution < 1.29 is 24.5 Å². The maximum atomic E-state index is 9.10. The van der Waals surface area contributed by atoms with Crippen LogP contribution in [0.3, 0.4) is 0 Å². The van der Waals surface area contributed by atoms with E-state index in [1.165, 1.54) is 51.1 Å². The predicted octanol–water partition coefficient (Wildman–Crippen LogP) is 2.18. The number of hydrogen-bond donors (Lipinski definition) is 2. The maximum Gasteiger partial charge on any atom is 0.414 e. The van der Waals surface area contributed by atoms with Crippen LogP contribution in [0, 0.1) is 17.8 Å². The molecule has 1 saturated carbocycles. The van der Waals surface area contributed by atoms with Crippen molar-refractivity contribution >= 4 is 11.9 Å². The molecule has 2 bridgehead atoms. The highest BCUT2D eigenvalue weighted by atomic mass is 16.5. The summed E-state index contributed by atoms with van der Waals surface area (Å²) in [7, 11) is 1.76. The lowest BCUT2D eigenvalue weighted by atomic mass is 9.93. The summed E-state index contributed by atoms with van der Waals surface area (Å²) in [5, 5.41) is 14.8. The number of fused-ring (bicyclic) bond motifs is 2. The summed E-state index contributed by atoms with van der Waals surface area (Å²) in [5.41, 5.74) is 1.31. The zero-order valence-electron chi connectivity index (χ0n) is 16.9. The second-order valence-corrected chi connectivity index (χ2v) is 8.04. The Balaban J connectivity index is 0.000000353. The third-order valence-electron chi connectivity index (χ3n) is 6.14. The second kappa shape index (κ2) is 9.89. The number of carboxylic acid groups (broad SMARTS) is 2. The van der Waals surface area contributed by atoms with E-state index in [0.717, 1.165) is 30.0 Å². The van der Waals surface area contributed by atoms with E-state index >= 15 is 0 Å². The van der Waals surface area contributed by atoms with Crippen LogP contribution in [0.25, 0.3) is 0 Å². The Hall–Kier alpha value is -2.38. The highest BCUT2D eigenvalue weighted by Crippen LogP contribution is 2.43. The Morgan fingerprint density at radius 3 is 2.21 bits per heavy atom. The first-order valence-electron chi connectivity index (χ1n) is 10.2. The van der Waals surface area contributed by atoms with Crippen LogP contribution in [0.15, 0.2) is 36.4 Å². The number of rotatable bonds is 5. The Morgan fingerprint density at radius 1 is 1.00 bits per heavy atom. The summed E-state index contributed by atoms with van der Waals surface area (Å²) in [6.45, 7) is 7.10. The quantitative estimate of drug-likeness (QED) is 0.576. The monoisotopic (exact) mass is 402 g/mol. The van der Waals surface area contributed by atoms with Crippen molar-refractivity contribution in [2.75, 3.05) is 39.8 Å². The minimum atomic E-state index is -1.82. The number of allylic oxidation sites excluding steroid dienone is 2. The van der Waals surface area contributed by atoms with Gasteiger partial charge in [-0.2, -0.15) is 0 Å². The molecule has 7 nitrogen and oxygen atoms in total. The summed E-state index contributed by atoms with van der Waals surface area (Å²) < 4.78 is 5.48. The molecule has 0 radical (unpaired) electrons. The Bertz CT molecular complexity index is 730. The molecule has 1 aromatic rings.